The highest BCUT2D eigenvalue weighted by Crippen LogP contribution is 2.18. The number of hydrogen-bond donors (Lipinski definition) is 0. The Balaban J connectivity index is 2.12. The van der Waals surface area contributed by atoms with Crippen LogP contribution >= 0.6 is 0 Å². The first-order valence-corrected chi connectivity index (χ1v) is 7.44. The minimum Gasteiger partial charge on any atom is -0.338 e. The van der Waals surface area contributed by atoms with Gasteiger partial charge in [-0.15, -0.1) is 0 Å². The van der Waals surface area contributed by atoms with Gasteiger partial charge in [-0.05, 0) is 30.7 Å². The predicted molar refractivity (Wildman–Crippen MR) is 65.6 cm³/mol. The van der Waals surface area contributed by atoms with Crippen LogP contribution in [0.25, 0.3) is 0 Å². The minimum absolute atomic E-state index is 0.0104. The fraction of sp³-hybridized carbons (Fsp3) is 0.417. The molecule has 6 heteroatoms. The lowest BCUT2D eigenvalue weighted by Crippen LogP contribution is -2.37. The van der Waals surface area contributed by atoms with Gasteiger partial charge < -0.3 is 4.90 Å². The van der Waals surface area contributed by atoms with E-state index in [-0.39, 0.29) is 23.5 Å². The predicted octanol–water partition coefficient (Wildman–Crippen LogP) is 1.08. The van der Waals surface area contributed by atoms with E-state index in [1.807, 2.05) is 0 Å². The normalized spacial score (nSPS) is 21.8. The highest BCUT2D eigenvalue weighted by Gasteiger charge is 2.32. The molecule has 0 aliphatic carbocycles. The number of benzene rings is 1. The van der Waals surface area contributed by atoms with Gasteiger partial charge in [0.1, 0.15) is 5.82 Å². The summed E-state index contributed by atoms with van der Waals surface area (Å²) >= 11 is 0. The molecule has 1 saturated heterocycles. The van der Waals surface area contributed by atoms with Crippen molar-refractivity contribution in [3.8, 4) is 0 Å². The number of rotatable bonds is 2. The third kappa shape index (κ3) is 2.69. The van der Waals surface area contributed by atoms with Crippen molar-refractivity contribution in [3.63, 3.8) is 0 Å². The Labute approximate surface area is 105 Å². The molecule has 1 unspecified atom stereocenters. The second-order valence-corrected chi connectivity index (χ2v) is 6.71. The molecule has 1 fully saturated rings. The molecular weight excluding hydrogens is 257 g/mol. The molecule has 1 aliphatic heterocycles. The van der Waals surface area contributed by atoms with E-state index in [1.54, 1.807) is 7.05 Å². The highest BCUT2D eigenvalue weighted by atomic mass is 32.2. The van der Waals surface area contributed by atoms with E-state index >= 15 is 0 Å². The second kappa shape index (κ2) is 4.68. The van der Waals surface area contributed by atoms with Crippen LogP contribution in [-0.2, 0) is 9.84 Å². The number of sulfone groups is 1. The lowest BCUT2D eigenvalue weighted by molar-refractivity contribution is 0.0747. The average molecular weight is 271 g/mol. The molecule has 1 aromatic carbocycles. The zero-order chi connectivity index (χ0) is 13.3. The van der Waals surface area contributed by atoms with Crippen molar-refractivity contribution in [1.29, 1.82) is 0 Å². The maximum atomic E-state index is 12.7. The molecule has 4 nitrogen and oxygen atoms in total. The summed E-state index contributed by atoms with van der Waals surface area (Å²) in [5.74, 6) is -0.551. The Morgan fingerprint density at radius 1 is 1.33 bits per heavy atom. The van der Waals surface area contributed by atoms with Crippen LogP contribution in [0.4, 0.5) is 4.39 Å². The fourth-order valence-electron chi connectivity index (χ4n) is 2.04. The third-order valence-corrected chi connectivity index (χ3v) is 4.92. The molecule has 18 heavy (non-hydrogen) atoms. The molecule has 1 atom stereocenters. The largest absolute Gasteiger partial charge is 0.338 e. The highest BCUT2D eigenvalue weighted by molar-refractivity contribution is 7.91. The number of carbonyl (C=O) groups is 1. The summed E-state index contributed by atoms with van der Waals surface area (Å²) in [6, 6.07) is 4.95. The van der Waals surface area contributed by atoms with E-state index in [0.29, 0.717) is 12.0 Å². The van der Waals surface area contributed by atoms with Crippen molar-refractivity contribution < 1.29 is 17.6 Å². The van der Waals surface area contributed by atoms with E-state index in [9.17, 15) is 17.6 Å². The zero-order valence-corrected chi connectivity index (χ0v) is 10.8. The zero-order valence-electron chi connectivity index (χ0n) is 9.97. The summed E-state index contributed by atoms with van der Waals surface area (Å²) in [6.45, 7) is 0. The molecular formula is C12H14FNO3S. The van der Waals surface area contributed by atoms with E-state index in [4.69, 9.17) is 0 Å². The number of amides is 1. The maximum absolute atomic E-state index is 12.7. The molecule has 1 aromatic rings. The lowest BCUT2D eigenvalue weighted by atomic mass is 10.1. The topological polar surface area (TPSA) is 54.5 Å². The van der Waals surface area contributed by atoms with Crippen LogP contribution in [0.15, 0.2) is 24.3 Å². The third-order valence-electron chi connectivity index (χ3n) is 3.17. The Kier molecular flexibility index (Phi) is 3.38. The molecule has 0 radical (unpaired) electrons. The summed E-state index contributed by atoms with van der Waals surface area (Å²) < 4.78 is 35.5. The summed E-state index contributed by atoms with van der Waals surface area (Å²) in [7, 11) is -1.44. The molecule has 0 bridgehead atoms. The van der Waals surface area contributed by atoms with Gasteiger partial charge in [0.2, 0.25) is 0 Å². The van der Waals surface area contributed by atoms with Gasteiger partial charge in [-0.25, -0.2) is 12.8 Å². The average Bonchev–Trinajstić information content (AvgIpc) is 2.69. The molecule has 0 spiro atoms. The minimum atomic E-state index is -3.02. The molecule has 0 N–H and O–H groups in total. The first kappa shape index (κ1) is 13.0. The van der Waals surface area contributed by atoms with Crippen molar-refractivity contribution in [3.05, 3.63) is 35.6 Å². The van der Waals surface area contributed by atoms with Crippen LogP contribution in [0, 0.1) is 5.82 Å². The molecule has 1 heterocycles. The van der Waals surface area contributed by atoms with E-state index in [1.165, 1.54) is 29.2 Å². The van der Waals surface area contributed by atoms with Crippen molar-refractivity contribution in [1.82, 2.24) is 4.90 Å². The number of nitrogens with zero attached hydrogens (tertiary/aromatic N) is 1. The van der Waals surface area contributed by atoms with Crippen molar-refractivity contribution >= 4 is 15.7 Å². The fourth-order valence-corrected chi connectivity index (χ4v) is 3.82. The van der Waals surface area contributed by atoms with Crippen molar-refractivity contribution in [2.75, 3.05) is 18.6 Å². The Morgan fingerprint density at radius 2 is 1.94 bits per heavy atom. The van der Waals surface area contributed by atoms with Crippen LogP contribution < -0.4 is 0 Å². The molecule has 1 aliphatic rings. The van der Waals surface area contributed by atoms with Crippen LogP contribution in [0.5, 0.6) is 0 Å². The van der Waals surface area contributed by atoms with Crippen LogP contribution in [0.2, 0.25) is 0 Å². The Hall–Kier alpha value is -1.43. The van der Waals surface area contributed by atoms with E-state index < -0.39 is 15.7 Å². The number of hydrogen-bond acceptors (Lipinski definition) is 3. The molecule has 2 rings (SSSR count). The molecule has 0 saturated carbocycles. The smallest absolute Gasteiger partial charge is 0.253 e. The van der Waals surface area contributed by atoms with Crippen LogP contribution in [0.1, 0.15) is 16.8 Å². The maximum Gasteiger partial charge on any atom is 0.253 e. The summed E-state index contributed by atoms with van der Waals surface area (Å²) in [6.07, 6.45) is 0.464. The summed E-state index contributed by atoms with van der Waals surface area (Å²) in [5, 5.41) is 0. The van der Waals surface area contributed by atoms with Gasteiger partial charge in [-0.1, -0.05) is 0 Å². The summed E-state index contributed by atoms with van der Waals surface area (Å²) in [5.41, 5.74) is 0.364. The molecule has 98 valence electrons. The van der Waals surface area contributed by atoms with Gasteiger partial charge in [0.25, 0.3) is 5.91 Å². The first-order chi connectivity index (χ1) is 8.39. The number of halogens is 1. The van der Waals surface area contributed by atoms with Gasteiger partial charge in [0, 0.05) is 18.7 Å². The van der Waals surface area contributed by atoms with Gasteiger partial charge in [-0.3, -0.25) is 4.79 Å². The van der Waals surface area contributed by atoms with Gasteiger partial charge >= 0.3 is 0 Å². The second-order valence-electron chi connectivity index (χ2n) is 4.48. The van der Waals surface area contributed by atoms with E-state index in [0.717, 1.165) is 0 Å². The molecule has 1 amide bonds. The van der Waals surface area contributed by atoms with Gasteiger partial charge in [0.05, 0.1) is 11.5 Å². The lowest BCUT2D eigenvalue weighted by Gasteiger charge is -2.23. The van der Waals surface area contributed by atoms with E-state index in [2.05, 4.69) is 0 Å². The first-order valence-electron chi connectivity index (χ1n) is 5.62. The van der Waals surface area contributed by atoms with Gasteiger partial charge in [-0.2, -0.15) is 0 Å². The SMILES string of the molecule is CN(C(=O)c1ccc(F)cc1)C1CCS(=O)(=O)C1. The Bertz CT molecular complexity index is 553. The summed E-state index contributed by atoms with van der Waals surface area (Å²) in [4.78, 5) is 13.5. The monoisotopic (exact) mass is 271 g/mol. The Morgan fingerprint density at radius 3 is 2.44 bits per heavy atom. The molecule has 0 aromatic heterocycles. The van der Waals surface area contributed by atoms with Crippen molar-refractivity contribution in [2.24, 2.45) is 0 Å². The standard InChI is InChI=1S/C12H14FNO3S/c1-14(11-6-7-18(16,17)8-11)12(15)9-2-4-10(13)5-3-9/h2-5,11H,6-8H2,1H3. The van der Waals surface area contributed by atoms with Gasteiger partial charge in [0.15, 0.2) is 9.84 Å². The van der Waals surface area contributed by atoms with Crippen molar-refractivity contribution in [2.45, 2.75) is 12.5 Å². The quantitative estimate of drug-likeness (QED) is 0.809. The van der Waals surface area contributed by atoms with Crippen LogP contribution in [0.3, 0.4) is 0 Å². The van der Waals surface area contributed by atoms with Crippen LogP contribution in [-0.4, -0.2) is 43.8 Å². The number of carbonyl (C=O) groups excluding carboxylic acids is 1.